The fourth-order valence-corrected chi connectivity index (χ4v) is 2.55. The minimum absolute atomic E-state index is 0.188. The van der Waals surface area contributed by atoms with Crippen molar-refractivity contribution in [1.82, 2.24) is 4.90 Å². The zero-order chi connectivity index (χ0) is 17.3. The summed E-state index contributed by atoms with van der Waals surface area (Å²) in [6, 6.07) is 12.2. The van der Waals surface area contributed by atoms with Gasteiger partial charge in [-0.15, -0.1) is 0 Å². The number of anilines is 1. The molecule has 6 heteroatoms. The molecule has 122 valence electrons. The fourth-order valence-electron chi connectivity index (χ4n) is 2.55. The Morgan fingerprint density at radius 3 is 2.58 bits per heavy atom. The summed E-state index contributed by atoms with van der Waals surface area (Å²) < 4.78 is 5.48. The number of carbonyl (C=O) groups excluding carboxylic acids is 3. The van der Waals surface area contributed by atoms with E-state index < -0.39 is 11.8 Å². The van der Waals surface area contributed by atoms with Crippen LogP contribution in [0.2, 0.25) is 0 Å². The molecule has 0 atom stereocenters. The first-order chi connectivity index (χ1) is 11.5. The second kappa shape index (κ2) is 6.16. The van der Waals surface area contributed by atoms with Gasteiger partial charge in [-0.3, -0.25) is 19.3 Å². The Bertz CT molecular complexity index is 845. The van der Waals surface area contributed by atoms with E-state index in [1.54, 1.807) is 24.3 Å². The molecule has 1 heterocycles. The topological polar surface area (TPSA) is 75.7 Å². The summed E-state index contributed by atoms with van der Waals surface area (Å²) >= 11 is 0. The molecule has 0 spiro atoms. The van der Waals surface area contributed by atoms with Crippen molar-refractivity contribution in [3.63, 3.8) is 0 Å². The van der Waals surface area contributed by atoms with E-state index in [2.05, 4.69) is 5.32 Å². The van der Waals surface area contributed by atoms with Crippen LogP contribution in [0.4, 0.5) is 5.69 Å². The Morgan fingerprint density at radius 2 is 1.83 bits per heavy atom. The number of imide groups is 1. The summed E-state index contributed by atoms with van der Waals surface area (Å²) in [5.74, 6) is -0.577. The average Bonchev–Trinajstić information content (AvgIpc) is 2.80. The Morgan fingerprint density at radius 1 is 1.08 bits per heavy atom. The SMILES string of the molecule is Cc1ccccc1OCC(=O)Nc1cccc2c1C(=O)N(C)C2=O. The largest absolute Gasteiger partial charge is 0.483 e. The lowest BCUT2D eigenvalue weighted by Crippen LogP contribution is -2.25. The van der Waals surface area contributed by atoms with Crippen LogP contribution in [-0.4, -0.2) is 36.3 Å². The highest BCUT2D eigenvalue weighted by molar-refractivity contribution is 6.24. The zero-order valence-corrected chi connectivity index (χ0v) is 13.3. The number of hydrogen-bond donors (Lipinski definition) is 1. The predicted octanol–water partition coefficient (Wildman–Crippen LogP) is 2.24. The van der Waals surface area contributed by atoms with E-state index in [4.69, 9.17) is 4.74 Å². The highest BCUT2D eigenvalue weighted by atomic mass is 16.5. The van der Waals surface area contributed by atoms with Gasteiger partial charge in [-0.1, -0.05) is 24.3 Å². The van der Waals surface area contributed by atoms with Gasteiger partial charge in [-0.05, 0) is 30.7 Å². The number of fused-ring (bicyclic) bond motifs is 1. The molecular formula is C18H16N2O4. The summed E-state index contributed by atoms with van der Waals surface area (Å²) in [5.41, 5.74) is 1.75. The van der Waals surface area contributed by atoms with Crippen molar-refractivity contribution in [3.05, 3.63) is 59.2 Å². The van der Waals surface area contributed by atoms with E-state index in [-0.39, 0.29) is 18.1 Å². The van der Waals surface area contributed by atoms with Crippen LogP contribution in [0.1, 0.15) is 26.3 Å². The molecule has 0 unspecified atom stereocenters. The van der Waals surface area contributed by atoms with Crippen molar-refractivity contribution in [3.8, 4) is 5.75 Å². The predicted molar refractivity (Wildman–Crippen MR) is 88.2 cm³/mol. The number of hydrogen-bond acceptors (Lipinski definition) is 4. The smallest absolute Gasteiger partial charge is 0.263 e. The van der Waals surface area contributed by atoms with Gasteiger partial charge in [0.15, 0.2) is 6.61 Å². The molecule has 3 rings (SSSR count). The lowest BCUT2D eigenvalue weighted by atomic mass is 10.1. The molecule has 3 amide bonds. The van der Waals surface area contributed by atoms with Gasteiger partial charge in [0.05, 0.1) is 16.8 Å². The summed E-state index contributed by atoms with van der Waals surface area (Å²) in [5, 5.41) is 2.64. The van der Waals surface area contributed by atoms with E-state index in [1.165, 1.54) is 7.05 Å². The number of benzene rings is 2. The van der Waals surface area contributed by atoms with Gasteiger partial charge in [0.25, 0.3) is 17.7 Å². The summed E-state index contributed by atoms with van der Waals surface area (Å²) in [7, 11) is 1.41. The lowest BCUT2D eigenvalue weighted by molar-refractivity contribution is -0.118. The zero-order valence-electron chi connectivity index (χ0n) is 13.3. The van der Waals surface area contributed by atoms with Gasteiger partial charge < -0.3 is 10.1 Å². The van der Waals surface area contributed by atoms with Gasteiger partial charge in [0.2, 0.25) is 0 Å². The molecule has 0 radical (unpaired) electrons. The second-order valence-electron chi connectivity index (χ2n) is 5.50. The second-order valence-corrected chi connectivity index (χ2v) is 5.50. The molecule has 6 nitrogen and oxygen atoms in total. The molecule has 24 heavy (non-hydrogen) atoms. The molecule has 0 bridgehead atoms. The first-order valence-corrected chi connectivity index (χ1v) is 7.42. The Hall–Kier alpha value is -3.15. The van der Waals surface area contributed by atoms with Gasteiger partial charge in [-0.2, -0.15) is 0 Å². The van der Waals surface area contributed by atoms with E-state index in [0.717, 1.165) is 10.5 Å². The van der Waals surface area contributed by atoms with Crippen molar-refractivity contribution in [2.24, 2.45) is 0 Å². The van der Waals surface area contributed by atoms with Gasteiger partial charge in [-0.25, -0.2) is 0 Å². The van der Waals surface area contributed by atoms with Crippen LogP contribution < -0.4 is 10.1 Å². The van der Waals surface area contributed by atoms with Crippen LogP contribution in [0.3, 0.4) is 0 Å². The third-order valence-electron chi connectivity index (χ3n) is 3.84. The van der Waals surface area contributed by atoms with Crippen LogP contribution in [0.5, 0.6) is 5.75 Å². The number of carbonyl (C=O) groups is 3. The maximum absolute atomic E-state index is 12.2. The number of nitrogens with one attached hydrogen (secondary N) is 1. The first-order valence-electron chi connectivity index (χ1n) is 7.42. The van der Waals surface area contributed by atoms with Crippen molar-refractivity contribution in [2.45, 2.75) is 6.92 Å². The van der Waals surface area contributed by atoms with E-state index >= 15 is 0 Å². The lowest BCUT2D eigenvalue weighted by Gasteiger charge is -2.11. The molecule has 0 fully saturated rings. The average molecular weight is 324 g/mol. The molecule has 1 N–H and O–H groups in total. The third kappa shape index (κ3) is 2.74. The minimum Gasteiger partial charge on any atom is -0.483 e. The van der Waals surface area contributed by atoms with Crippen molar-refractivity contribution < 1.29 is 19.1 Å². The van der Waals surface area contributed by atoms with Crippen molar-refractivity contribution >= 4 is 23.4 Å². The van der Waals surface area contributed by atoms with Gasteiger partial charge in [0.1, 0.15) is 5.75 Å². The first kappa shape index (κ1) is 15.7. The van der Waals surface area contributed by atoms with Crippen LogP contribution in [0.25, 0.3) is 0 Å². The van der Waals surface area contributed by atoms with E-state index in [1.807, 2.05) is 25.1 Å². The molecule has 1 aliphatic heterocycles. The van der Waals surface area contributed by atoms with E-state index in [0.29, 0.717) is 17.0 Å². The normalized spacial score (nSPS) is 13.0. The Labute approximate surface area is 139 Å². The summed E-state index contributed by atoms with van der Waals surface area (Å²) in [4.78, 5) is 37.3. The van der Waals surface area contributed by atoms with Crippen LogP contribution >= 0.6 is 0 Å². The van der Waals surface area contributed by atoms with Gasteiger partial charge >= 0.3 is 0 Å². The minimum atomic E-state index is -0.425. The number of amides is 3. The van der Waals surface area contributed by atoms with Crippen molar-refractivity contribution in [1.29, 1.82) is 0 Å². The molecule has 1 aliphatic rings. The Balaban J connectivity index is 1.74. The number of para-hydroxylation sites is 1. The monoisotopic (exact) mass is 324 g/mol. The molecule has 0 saturated carbocycles. The summed E-state index contributed by atoms with van der Waals surface area (Å²) in [6.07, 6.45) is 0. The van der Waals surface area contributed by atoms with Gasteiger partial charge in [0, 0.05) is 7.05 Å². The molecular weight excluding hydrogens is 308 g/mol. The third-order valence-corrected chi connectivity index (χ3v) is 3.84. The summed E-state index contributed by atoms with van der Waals surface area (Å²) in [6.45, 7) is 1.70. The number of nitrogens with zero attached hydrogens (tertiary/aromatic N) is 1. The van der Waals surface area contributed by atoms with Crippen LogP contribution in [0, 0.1) is 6.92 Å². The van der Waals surface area contributed by atoms with E-state index in [9.17, 15) is 14.4 Å². The molecule has 0 aromatic heterocycles. The van der Waals surface area contributed by atoms with Crippen LogP contribution in [0.15, 0.2) is 42.5 Å². The molecule has 2 aromatic rings. The van der Waals surface area contributed by atoms with Crippen LogP contribution in [-0.2, 0) is 4.79 Å². The standard InChI is InChI=1S/C18H16N2O4/c1-11-6-3-4-9-14(11)24-10-15(21)19-13-8-5-7-12-16(13)18(23)20(2)17(12)22/h3-9H,10H2,1-2H3,(H,19,21). The quantitative estimate of drug-likeness (QED) is 0.875. The number of ether oxygens (including phenoxy) is 1. The maximum Gasteiger partial charge on any atom is 0.263 e. The Kier molecular flexibility index (Phi) is 4.04. The molecule has 0 saturated heterocycles. The van der Waals surface area contributed by atoms with Crippen molar-refractivity contribution in [2.75, 3.05) is 19.0 Å². The highest BCUT2D eigenvalue weighted by Crippen LogP contribution is 2.28. The maximum atomic E-state index is 12.2. The highest BCUT2D eigenvalue weighted by Gasteiger charge is 2.35. The molecule has 0 aliphatic carbocycles. The fraction of sp³-hybridized carbons (Fsp3) is 0.167. The number of rotatable bonds is 4. The molecule has 2 aromatic carbocycles. The number of aryl methyl sites for hydroxylation is 1.